The van der Waals surface area contributed by atoms with Crippen LogP contribution >= 0.6 is 0 Å². The molecule has 1 unspecified atom stereocenters. The summed E-state index contributed by atoms with van der Waals surface area (Å²) in [6, 6.07) is 17.4. The third kappa shape index (κ3) is 2.83. The van der Waals surface area contributed by atoms with Crippen molar-refractivity contribution in [3.63, 3.8) is 0 Å². The van der Waals surface area contributed by atoms with E-state index in [1.165, 1.54) is 0 Å². The van der Waals surface area contributed by atoms with Crippen molar-refractivity contribution in [3.05, 3.63) is 77.5 Å². The number of hydrazone groups is 1. The molecule has 1 N–H and O–H groups in total. The number of aromatic nitrogens is 1. The van der Waals surface area contributed by atoms with Crippen molar-refractivity contribution < 1.29 is 4.79 Å². The predicted molar refractivity (Wildman–Crippen MR) is 110 cm³/mol. The van der Waals surface area contributed by atoms with E-state index < -0.39 is 0 Å². The number of ketones is 1. The number of rotatable bonds is 3. The molecule has 28 heavy (non-hydrogen) atoms. The van der Waals surface area contributed by atoms with Crippen molar-refractivity contribution in [3.8, 4) is 0 Å². The first-order valence-corrected chi connectivity index (χ1v) is 9.39. The summed E-state index contributed by atoms with van der Waals surface area (Å²) in [5.74, 6) is 0.794. The minimum Gasteiger partial charge on any atom is -0.353 e. The van der Waals surface area contributed by atoms with E-state index in [2.05, 4.69) is 26.5 Å². The molecule has 6 nitrogen and oxygen atoms in total. The van der Waals surface area contributed by atoms with E-state index in [1.54, 1.807) is 6.20 Å². The maximum absolute atomic E-state index is 13.3. The average Bonchev–Trinajstić information content (AvgIpc) is 3.28. The van der Waals surface area contributed by atoms with E-state index in [1.807, 2.05) is 59.8 Å². The lowest BCUT2D eigenvalue weighted by molar-refractivity contribution is 0.0950. The normalized spacial score (nSPS) is 17.9. The number of hydrogen-bond acceptors (Lipinski definition) is 6. The lowest BCUT2D eigenvalue weighted by Crippen LogP contribution is -2.40. The fourth-order valence-corrected chi connectivity index (χ4v) is 3.84. The zero-order chi connectivity index (χ0) is 18.9. The van der Waals surface area contributed by atoms with Crippen LogP contribution in [0, 0.1) is 0 Å². The Morgan fingerprint density at radius 3 is 2.93 bits per heavy atom. The number of aliphatic imine (C=N–C) groups is 1. The molecule has 0 saturated carbocycles. The number of carbonyl (C=O) groups is 1. The first-order valence-electron chi connectivity index (χ1n) is 9.39. The molecule has 2 aliphatic heterocycles. The van der Waals surface area contributed by atoms with E-state index in [9.17, 15) is 4.79 Å². The van der Waals surface area contributed by atoms with Crippen LogP contribution in [0.3, 0.4) is 0 Å². The quantitative estimate of drug-likeness (QED) is 0.720. The van der Waals surface area contributed by atoms with E-state index in [0.29, 0.717) is 12.0 Å². The van der Waals surface area contributed by atoms with Crippen LogP contribution in [0.15, 0.2) is 70.9 Å². The van der Waals surface area contributed by atoms with Gasteiger partial charge < -0.3 is 5.32 Å². The Morgan fingerprint density at radius 1 is 1.11 bits per heavy atom. The predicted octanol–water partition coefficient (Wildman–Crippen LogP) is 3.16. The standard InChI is InChI=1S/C22H19N5O/c28-21(18-7-3-9-19-17(18)8-4-10-23-19)13-20-16-6-2-1-5-15(16)14-26-27(20)22-24-11-12-25-22/h1-10,14,20H,11-13H2,(H,24,25). The van der Waals surface area contributed by atoms with Gasteiger partial charge >= 0.3 is 0 Å². The maximum atomic E-state index is 13.3. The Kier molecular flexibility index (Phi) is 4.09. The van der Waals surface area contributed by atoms with Gasteiger partial charge in [0.25, 0.3) is 0 Å². The molecule has 0 aliphatic carbocycles. The molecular formula is C22H19N5O. The zero-order valence-corrected chi connectivity index (χ0v) is 15.2. The summed E-state index contributed by atoms with van der Waals surface area (Å²) in [4.78, 5) is 22.2. The van der Waals surface area contributed by atoms with Crippen LogP contribution < -0.4 is 5.32 Å². The fraction of sp³-hybridized carbons (Fsp3) is 0.182. The second kappa shape index (κ2) is 6.88. The molecular weight excluding hydrogens is 350 g/mol. The molecule has 138 valence electrons. The molecule has 3 heterocycles. The number of fused-ring (bicyclic) bond motifs is 2. The number of hydrogen-bond donors (Lipinski definition) is 1. The van der Waals surface area contributed by atoms with Gasteiger partial charge in [0.05, 0.1) is 24.3 Å². The number of Topliss-reactive ketones (excluding diaryl/α,β-unsaturated/α-hetero) is 1. The van der Waals surface area contributed by atoms with Crippen LogP contribution in [0.2, 0.25) is 0 Å². The van der Waals surface area contributed by atoms with Crippen molar-refractivity contribution in [1.82, 2.24) is 15.3 Å². The van der Waals surface area contributed by atoms with E-state index >= 15 is 0 Å². The summed E-state index contributed by atoms with van der Waals surface area (Å²) < 4.78 is 0. The van der Waals surface area contributed by atoms with Crippen molar-refractivity contribution in [1.29, 1.82) is 0 Å². The van der Waals surface area contributed by atoms with Gasteiger partial charge in [0.2, 0.25) is 5.96 Å². The monoisotopic (exact) mass is 369 g/mol. The molecule has 0 bridgehead atoms. The number of nitrogens with zero attached hydrogens (tertiary/aromatic N) is 4. The highest BCUT2D eigenvalue weighted by atomic mass is 16.1. The van der Waals surface area contributed by atoms with Gasteiger partial charge in [0, 0.05) is 30.1 Å². The van der Waals surface area contributed by atoms with Gasteiger partial charge in [-0.05, 0) is 23.3 Å². The Morgan fingerprint density at radius 2 is 2.04 bits per heavy atom. The molecule has 1 atom stereocenters. The van der Waals surface area contributed by atoms with Gasteiger partial charge in [-0.1, -0.05) is 42.5 Å². The maximum Gasteiger partial charge on any atom is 0.215 e. The average molecular weight is 369 g/mol. The lowest BCUT2D eigenvalue weighted by atomic mass is 9.92. The minimum atomic E-state index is -0.204. The molecule has 0 saturated heterocycles. The molecule has 1 aromatic heterocycles. The highest BCUT2D eigenvalue weighted by Crippen LogP contribution is 2.32. The largest absolute Gasteiger partial charge is 0.353 e. The zero-order valence-electron chi connectivity index (χ0n) is 15.2. The van der Waals surface area contributed by atoms with Crippen LogP contribution in [-0.4, -0.2) is 41.0 Å². The third-order valence-electron chi connectivity index (χ3n) is 5.17. The second-order valence-corrected chi connectivity index (χ2v) is 6.87. The molecule has 0 spiro atoms. The lowest BCUT2D eigenvalue weighted by Gasteiger charge is -2.32. The number of pyridine rings is 1. The molecule has 6 heteroatoms. The molecule has 0 amide bonds. The van der Waals surface area contributed by atoms with Crippen LogP contribution in [0.4, 0.5) is 0 Å². The summed E-state index contributed by atoms with van der Waals surface area (Å²) in [6.07, 6.45) is 3.89. The van der Waals surface area contributed by atoms with Gasteiger partial charge in [-0.15, -0.1) is 0 Å². The van der Waals surface area contributed by atoms with E-state index in [-0.39, 0.29) is 11.8 Å². The van der Waals surface area contributed by atoms with Crippen molar-refractivity contribution in [2.75, 3.05) is 13.1 Å². The van der Waals surface area contributed by atoms with Crippen LogP contribution in [-0.2, 0) is 0 Å². The second-order valence-electron chi connectivity index (χ2n) is 6.87. The summed E-state index contributed by atoms with van der Waals surface area (Å²) >= 11 is 0. The van der Waals surface area contributed by atoms with Crippen LogP contribution in [0.25, 0.3) is 10.9 Å². The Bertz CT molecular complexity index is 1120. The Balaban J connectivity index is 1.53. The molecule has 2 aliphatic rings. The van der Waals surface area contributed by atoms with Crippen LogP contribution in [0.5, 0.6) is 0 Å². The van der Waals surface area contributed by atoms with Crippen molar-refractivity contribution in [2.24, 2.45) is 10.1 Å². The van der Waals surface area contributed by atoms with Gasteiger partial charge in [0.1, 0.15) is 0 Å². The van der Waals surface area contributed by atoms with Gasteiger partial charge in [0.15, 0.2) is 5.78 Å². The highest BCUT2D eigenvalue weighted by Gasteiger charge is 2.31. The minimum absolute atomic E-state index is 0.0686. The molecule has 3 aromatic rings. The Labute approximate surface area is 162 Å². The summed E-state index contributed by atoms with van der Waals surface area (Å²) in [7, 11) is 0. The van der Waals surface area contributed by atoms with Crippen molar-refractivity contribution in [2.45, 2.75) is 12.5 Å². The number of benzene rings is 2. The van der Waals surface area contributed by atoms with Gasteiger partial charge in [-0.25, -0.2) is 10.0 Å². The topological polar surface area (TPSA) is 70.0 Å². The first kappa shape index (κ1) is 16.6. The smallest absolute Gasteiger partial charge is 0.215 e. The van der Waals surface area contributed by atoms with Gasteiger partial charge in [-0.3, -0.25) is 9.78 Å². The third-order valence-corrected chi connectivity index (χ3v) is 5.17. The number of guanidine groups is 1. The van der Waals surface area contributed by atoms with E-state index in [0.717, 1.165) is 41.1 Å². The molecule has 2 aromatic carbocycles. The van der Waals surface area contributed by atoms with Gasteiger partial charge in [-0.2, -0.15) is 5.10 Å². The summed E-state index contributed by atoms with van der Waals surface area (Å²) in [5.41, 5.74) is 3.64. The summed E-state index contributed by atoms with van der Waals surface area (Å²) in [5, 5.41) is 10.6. The first-order chi connectivity index (χ1) is 13.8. The number of nitrogens with one attached hydrogen (secondary N) is 1. The SMILES string of the molecule is O=C(CC1c2ccccc2C=NN1C1=NCCN1)c1cccc2ncccc12. The Hall–Kier alpha value is -3.54. The van der Waals surface area contributed by atoms with Crippen LogP contribution in [0.1, 0.15) is 33.9 Å². The van der Waals surface area contributed by atoms with E-state index in [4.69, 9.17) is 0 Å². The molecule has 0 radical (unpaired) electrons. The summed E-state index contributed by atoms with van der Waals surface area (Å²) in [6.45, 7) is 1.51. The number of carbonyl (C=O) groups excluding carboxylic acids is 1. The van der Waals surface area contributed by atoms with Crippen molar-refractivity contribution >= 4 is 28.9 Å². The molecule has 5 rings (SSSR count). The highest BCUT2D eigenvalue weighted by molar-refractivity contribution is 6.07. The molecule has 0 fully saturated rings. The fourth-order valence-electron chi connectivity index (χ4n) is 3.84.